The molecular weight excluding hydrogens is 417 g/mol. The van der Waals surface area contributed by atoms with Crippen molar-refractivity contribution < 1.29 is 22.3 Å². The monoisotopic (exact) mass is 439 g/mol. The van der Waals surface area contributed by atoms with Gasteiger partial charge in [-0.2, -0.15) is 0 Å². The van der Waals surface area contributed by atoms with Gasteiger partial charge in [0.1, 0.15) is 11.6 Å². The average Bonchev–Trinajstić information content (AvgIpc) is 2.81. The third kappa shape index (κ3) is 4.90. The van der Waals surface area contributed by atoms with Crippen LogP contribution in [0.25, 0.3) is 0 Å². The van der Waals surface area contributed by atoms with Crippen LogP contribution in [0.3, 0.4) is 0 Å². The van der Waals surface area contributed by atoms with Crippen molar-refractivity contribution >= 4 is 27.3 Å². The number of carbonyl (C=O) groups excluding carboxylic acids is 1. The number of carbonyl (C=O) groups is 1. The predicted molar refractivity (Wildman–Crippen MR) is 110 cm³/mol. The molecule has 0 N–H and O–H groups in total. The van der Waals surface area contributed by atoms with Gasteiger partial charge in [-0.05, 0) is 50.6 Å². The molecule has 1 saturated heterocycles. The van der Waals surface area contributed by atoms with Crippen molar-refractivity contribution in [1.82, 2.24) is 4.90 Å². The van der Waals surface area contributed by atoms with Gasteiger partial charge in [0, 0.05) is 23.7 Å². The van der Waals surface area contributed by atoms with Crippen molar-refractivity contribution in [2.45, 2.75) is 31.1 Å². The Balaban J connectivity index is 1.77. The molecule has 0 aliphatic carbocycles. The highest BCUT2D eigenvalue weighted by molar-refractivity contribution is 7.91. The van der Waals surface area contributed by atoms with Crippen molar-refractivity contribution in [1.29, 1.82) is 0 Å². The van der Waals surface area contributed by atoms with Crippen molar-refractivity contribution in [3.05, 3.63) is 64.9 Å². The summed E-state index contributed by atoms with van der Waals surface area (Å²) in [6.07, 6.45) is 0.131. The van der Waals surface area contributed by atoms with E-state index in [2.05, 4.69) is 0 Å². The van der Waals surface area contributed by atoms with Gasteiger partial charge >= 0.3 is 0 Å². The number of rotatable bonds is 4. The van der Waals surface area contributed by atoms with E-state index in [0.717, 1.165) is 0 Å². The molecule has 1 atom stereocenters. The number of hydrogen-bond donors (Lipinski definition) is 0. The van der Waals surface area contributed by atoms with E-state index in [1.807, 2.05) is 0 Å². The summed E-state index contributed by atoms with van der Waals surface area (Å²) in [6.45, 7) is 3.51. The summed E-state index contributed by atoms with van der Waals surface area (Å²) in [4.78, 5) is 14.6. The van der Waals surface area contributed by atoms with E-state index in [-0.39, 0.29) is 36.7 Å². The Kier molecular flexibility index (Phi) is 6.19. The van der Waals surface area contributed by atoms with Crippen molar-refractivity contribution in [3.63, 3.8) is 0 Å². The summed E-state index contributed by atoms with van der Waals surface area (Å²) in [6, 6.07) is 12.5. The Hall–Kier alpha value is -2.12. The summed E-state index contributed by atoms with van der Waals surface area (Å²) in [5.74, 6) is -0.613. The van der Waals surface area contributed by atoms with Crippen LogP contribution in [0.2, 0.25) is 5.02 Å². The minimum atomic E-state index is -3.60. The van der Waals surface area contributed by atoms with E-state index in [0.29, 0.717) is 10.8 Å². The second-order valence-electron chi connectivity index (χ2n) is 7.52. The molecule has 5 nitrogen and oxygen atoms in total. The summed E-state index contributed by atoms with van der Waals surface area (Å²) < 4.78 is 45.5. The fourth-order valence-electron chi connectivity index (χ4n) is 3.45. The van der Waals surface area contributed by atoms with Crippen LogP contribution in [0.4, 0.5) is 4.39 Å². The molecule has 0 aromatic heterocycles. The van der Waals surface area contributed by atoms with Gasteiger partial charge in [-0.3, -0.25) is 4.79 Å². The number of nitrogens with zero attached hydrogens (tertiary/aromatic N) is 1. The molecule has 2 aromatic carbocycles. The number of benzene rings is 2. The van der Waals surface area contributed by atoms with Crippen LogP contribution in [-0.4, -0.2) is 43.7 Å². The highest BCUT2D eigenvalue weighted by atomic mass is 35.5. The van der Waals surface area contributed by atoms with Gasteiger partial charge in [0.25, 0.3) is 5.91 Å². The highest BCUT2D eigenvalue weighted by Gasteiger charge is 2.39. The van der Waals surface area contributed by atoms with Crippen molar-refractivity contribution in [2.24, 2.45) is 0 Å². The summed E-state index contributed by atoms with van der Waals surface area (Å²) in [5.41, 5.74) is -1.05. The van der Waals surface area contributed by atoms with Crippen LogP contribution in [0, 0.1) is 5.82 Å². The zero-order valence-electron chi connectivity index (χ0n) is 16.3. The first kappa shape index (κ1) is 21.6. The van der Waals surface area contributed by atoms with E-state index >= 15 is 0 Å². The molecule has 0 saturated carbocycles. The van der Waals surface area contributed by atoms with E-state index in [9.17, 15) is 17.6 Å². The molecular formula is C21H23ClFNO4S. The largest absolute Gasteiger partial charge is 0.478 e. The molecule has 0 unspecified atom stereocenters. The topological polar surface area (TPSA) is 63.7 Å². The average molecular weight is 440 g/mol. The number of hydrogen-bond acceptors (Lipinski definition) is 4. The van der Waals surface area contributed by atoms with Crippen LogP contribution in [-0.2, 0) is 14.6 Å². The molecule has 0 spiro atoms. The third-order valence-electron chi connectivity index (χ3n) is 4.98. The minimum Gasteiger partial charge on any atom is -0.478 e. The first-order valence-corrected chi connectivity index (χ1v) is 11.4. The quantitative estimate of drug-likeness (QED) is 0.721. The number of amides is 1. The zero-order chi connectivity index (χ0) is 21.2. The lowest BCUT2D eigenvalue weighted by atomic mass is 10.1. The van der Waals surface area contributed by atoms with E-state index in [1.54, 1.807) is 44.2 Å². The fourth-order valence-corrected chi connectivity index (χ4v) is 5.38. The molecule has 2 aromatic rings. The van der Waals surface area contributed by atoms with Gasteiger partial charge in [-0.1, -0.05) is 29.8 Å². The predicted octanol–water partition coefficient (Wildman–Crippen LogP) is 4.02. The first-order valence-electron chi connectivity index (χ1n) is 9.30. The second kappa shape index (κ2) is 8.32. The molecule has 1 aliphatic heterocycles. The maximum Gasteiger partial charge on any atom is 0.266 e. The molecule has 1 fully saturated rings. The highest BCUT2D eigenvalue weighted by Crippen LogP contribution is 2.32. The lowest BCUT2D eigenvalue weighted by Gasteiger charge is -2.31. The van der Waals surface area contributed by atoms with Crippen molar-refractivity contribution in [2.75, 3.05) is 18.8 Å². The molecule has 3 rings (SSSR count). The van der Waals surface area contributed by atoms with Gasteiger partial charge in [0.15, 0.2) is 15.4 Å². The SMILES string of the molecule is CC(C)(Oc1ccc(Cl)cc1)C(=O)N1CC[C@@H](c2ccccc2F)S(=O)(=O)CC1. The molecule has 1 heterocycles. The van der Waals surface area contributed by atoms with Crippen LogP contribution in [0.1, 0.15) is 31.1 Å². The molecule has 29 heavy (non-hydrogen) atoms. The lowest BCUT2D eigenvalue weighted by molar-refractivity contribution is -0.145. The third-order valence-corrected chi connectivity index (χ3v) is 7.34. The summed E-state index contributed by atoms with van der Waals surface area (Å²) >= 11 is 5.87. The smallest absolute Gasteiger partial charge is 0.266 e. The Labute approximate surface area is 175 Å². The molecule has 1 aliphatic rings. The molecule has 156 valence electrons. The van der Waals surface area contributed by atoms with Gasteiger partial charge in [-0.15, -0.1) is 0 Å². The standard InChI is InChI=1S/C21H23ClFNO4S/c1-21(2,28-16-9-7-15(22)8-10-16)20(25)24-12-11-19(29(26,27)14-13-24)17-5-3-4-6-18(17)23/h3-10,19H,11-14H2,1-2H3/t19-/m0/s1. The van der Waals surface area contributed by atoms with Crippen molar-refractivity contribution in [3.8, 4) is 5.75 Å². The Morgan fingerprint density at radius 3 is 2.45 bits per heavy atom. The van der Waals surface area contributed by atoms with Gasteiger partial charge in [-0.25, -0.2) is 12.8 Å². The zero-order valence-corrected chi connectivity index (χ0v) is 17.8. The number of ether oxygens (including phenoxy) is 1. The number of sulfone groups is 1. The number of halogens is 2. The fraction of sp³-hybridized carbons (Fsp3) is 0.381. The van der Waals surface area contributed by atoms with Crippen LogP contribution in [0.5, 0.6) is 5.75 Å². The lowest BCUT2D eigenvalue weighted by Crippen LogP contribution is -2.49. The maximum absolute atomic E-state index is 14.2. The molecule has 1 amide bonds. The van der Waals surface area contributed by atoms with E-state index in [4.69, 9.17) is 16.3 Å². The second-order valence-corrected chi connectivity index (χ2v) is 10.3. The van der Waals surface area contributed by atoms with Gasteiger partial charge < -0.3 is 9.64 Å². The van der Waals surface area contributed by atoms with Crippen LogP contribution < -0.4 is 4.74 Å². The maximum atomic E-state index is 14.2. The minimum absolute atomic E-state index is 0.0412. The summed E-state index contributed by atoms with van der Waals surface area (Å²) in [5, 5.41) is -0.416. The van der Waals surface area contributed by atoms with Gasteiger partial charge in [0.2, 0.25) is 0 Å². The molecule has 0 bridgehead atoms. The van der Waals surface area contributed by atoms with Gasteiger partial charge in [0.05, 0.1) is 11.0 Å². The Morgan fingerprint density at radius 1 is 1.14 bits per heavy atom. The Bertz CT molecular complexity index is 992. The normalized spacial score (nSPS) is 19.4. The summed E-state index contributed by atoms with van der Waals surface area (Å²) in [7, 11) is -3.60. The van der Waals surface area contributed by atoms with E-state index < -0.39 is 26.5 Å². The first-order chi connectivity index (χ1) is 13.6. The van der Waals surface area contributed by atoms with E-state index in [1.165, 1.54) is 23.1 Å². The van der Waals surface area contributed by atoms with Crippen LogP contribution >= 0.6 is 11.6 Å². The Morgan fingerprint density at radius 2 is 1.79 bits per heavy atom. The molecule has 8 heteroatoms. The van der Waals surface area contributed by atoms with Crippen LogP contribution in [0.15, 0.2) is 48.5 Å². The molecule has 0 radical (unpaired) electrons.